The Morgan fingerprint density at radius 3 is 2.37 bits per heavy atom. The molecule has 1 amide bonds. The number of hydrogen-bond donors (Lipinski definition) is 1. The molecular formula is C29H33ClN4O. The van der Waals surface area contributed by atoms with Crippen molar-refractivity contribution >= 4 is 28.4 Å². The lowest BCUT2D eigenvalue weighted by Crippen LogP contribution is -2.36. The van der Waals surface area contributed by atoms with Gasteiger partial charge in [0.15, 0.2) is 0 Å². The minimum atomic E-state index is -0.443. The minimum absolute atomic E-state index is 0.0388. The summed E-state index contributed by atoms with van der Waals surface area (Å²) in [7, 11) is 0. The van der Waals surface area contributed by atoms with Crippen LogP contribution in [0.15, 0.2) is 78.9 Å². The molecule has 6 heteroatoms. The first-order valence-electron chi connectivity index (χ1n) is 12.2. The van der Waals surface area contributed by atoms with Gasteiger partial charge in [-0.05, 0) is 51.0 Å². The van der Waals surface area contributed by atoms with Crippen molar-refractivity contribution in [3.63, 3.8) is 0 Å². The van der Waals surface area contributed by atoms with E-state index < -0.39 is 6.04 Å². The highest BCUT2D eigenvalue weighted by molar-refractivity contribution is 6.31. The Bertz CT molecular complexity index is 1250. The highest BCUT2D eigenvalue weighted by Crippen LogP contribution is 2.31. The quantitative estimate of drug-likeness (QED) is 0.265. The number of halogens is 1. The highest BCUT2D eigenvalue weighted by atomic mass is 35.5. The molecule has 1 aromatic heterocycles. The molecule has 0 saturated carbocycles. The molecule has 1 unspecified atom stereocenters. The smallest absolute Gasteiger partial charge is 0.244 e. The SMILES string of the molecule is CC(C)N(CCCNC(=O)C(C)n1nc(-c2ccccc2)c2cc(Cl)ccc21)Cc1ccccc1. The lowest BCUT2D eigenvalue weighted by atomic mass is 10.1. The lowest BCUT2D eigenvalue weighted by Gasteiger charge is -2.26. The molecule has 4 aromatic rings. The van der Waals surface area contributed by atoms with E-state index in [9.17, 15) is 4.79 Å². The van der Waals surface area contributed by atoms with E-state index in [1.165, 1.54) is 5.56 Å². The fraction of sp³-hybridized carbons (Fsp3) is 0.310. The summed E-state index contributed by atoms with van der Waals surface area (Å²) in [6.45, 7) is 8.76. The Hall–Kier alpha value is -3.15. The zero-order valence-electron chi connectivity index (χ0n) is 20.6. The number of rotatable bonds is 10. The standard InChI is InChI=1S/C29H33ClN4O/c1-21(2)33(20-23-11-6-4-7-12-23)18-10-17-31-29(35)22(3)34-27-16-15-25(30)19-26(27)28(32-34)24-13-8-5-9-14-24/h4-9,11-16,19,21-22H,10,17-18,20H2,1-3H3,(H,31,35). The van der Waals surface area contributed by atoms with Crippen LogP contribution in [0.2, 0.25) is 5.02 Å². The number of nitrogens with one attached hydrogen (secondary N) is 1. The second-order valence-electron chi connectivity index (χ2n) is 9.19. The summed E-state index contributed by atoms with van der Waals surface area (Å²) in [5.41, 5.74) is 4.03. The molecule has 3 aromatic carbocycles. The second kappa shape index (κ2) is 11.5. The number of benzene rings is 3. The van der Waals surface area contributed by atoms with Gasteiger partial charge in [-0.2, -0.15) is 5.10 Å². The third-order valence-corrected chi connectivity index (χ3v) is 6.58. The molecule has 182 valence electrons. The summed E-state index contributed by atoms with van der Waals surface area (Å²) in [5, 5.41) is 9.54. The number of aromatic nitrogens is 2. The summed E-state index contributed by atoms with van der Waals surface area (Å²) < 4.78 is 1.80. The molecule has 1 heterocycles. The monoisotopic (exact) mass is 488 g/mol. The van der Waals surface area contributed by atoms with Gasteiger partial charge in [-0.15, -0.1) is 0 Å². The van der Waals surface area contributed by atoms with Crippen molar-refractivity contribution in [3.8, 4) is 11.3 Å². The number of hydrogen-bond acceptors (Lipinski definition) is 3. The summed E-state index contributed by atoms with van der Waals surface area (Å²) in [4.78, 5) is 15.5. The first-order valence-corrected chi connectivity index (χ1v) is 12.6. The number of carbonyl (C=O) groups excluding carboxylic acids is 1. The Morgan fingerprint density at radius 1 is 1.00 bits per heavy atom. The van der Waals surface area contributed by atoms with Gasteiger partial charge in [-0.3, -0.25) is 14.4 Å². The minimum Gasteiger partial charge on any atom is -0.354 e. The Balaban J connectivity index is 1.41. The molecule has 4 rings (SSSR count). The van der Waals surface area contributed by atoms with Gasteiger partial charge in [0.05, 0.1) is 5.52 Å². The molecule has 1 atom stereocenters. The van der Waals surface area contributed by atoms with Gasteiger partial charge in [0.2, 0.25) is 5.91 Å². The van der Waals surface area contributed by atoms with Crippen molar-refractivity contribution in [1.82, 2.24) is 20.0 Å². The van der Waals surface area contributed by atoms with E-state index in [0.29, 0.717) is 17.6 Å². The molecule has 0 saturated heterocycles. The van der Waals surface area contributed by atoms with Crippen LogP contribution in [0.5, 0.6) is 0 Å². The van der Waals surface area contributed by atoms with Crippen LogP contribution >= 0.6 is 11.6 Å². The van der Waals surface area contributed by atoms with Gasteiger partial charge in [0, 0.05) is 41.6 Å². The van der Waals surface area contributed by atoms with Crippen molar-refractivity contribution in [1.29, 1.82) is 0 Å². The van der Waals surface area contributed by atoms with Crippen LogP contribution in [0, 0.1) is 0 Å². The zero-order chi connectivity index (χ0) is 24.8. The largest absolute Gasteiger partial charge is 0.354 e. The summed E-state index contributed by atoms with van der Waals surface area (Å²) in [6.07, 6.45) is 0.883. The van der Waals surface area contributed by atoms with Crippen LogP contribution in [0.3, 0.4) is 0 Å². The maximum Gasteiger partial charge on any atom is 0.244 e. The van der Waals surface area contributed by atoms with Crippen molar-refractivity contribution in [2.45, 2.75) is 45.8 Å². The highest BCUT2D eigenvalue weighted by Gasteiger charge is 2.21. The first-order chi connectivity index (χ1) is 16.9. The fourth-order valence-electron chi connectivity index (χ4n) is 4.31. The fourth-order valence-corrected chi connectivity index (χ4v) is 4.48. The topological polar surface area (TPSA) is 50.2 Å². The number of carbonyl (C=O) groups is 1. The van der Waals surface area contributed by atoms with Crippen molar-refractivity contribution in [2.75, 3.05) is 13.1 Å². The van der Waals surface area contributed by atoms with Gasteiger partial charge in [-0.1, -0.05) is 72.3 Å². The van der Waals surface area contributed by atoms with E-state index in [1.54, 1.807) is 4.68 Å². The van der Waals surface area contributed by atoms with Crippen molar-refractivity contribution < 1.29 is 4.79 Å². The van der Waals surface area contributed by atoms with Crippen molar-refractivity contribution in [2.24, 2.45) is 0 Å². The second-order valence-corrected chi connectivity index (χ2v) is 9.63. The van der Waals surface area contributed by atoms with Crippen LogP contribution in [0.25, 0.3) is 22.2 Å². The van der Waals surface area contributed by atoms with Gasteiger partial charge >= 0.3 is 0 Å². The number of nitrogens with zero attached hydrogens (tertiary/aromatic N) is 3. The lowest BCUT2D eigenvalue weighted by molar-refractivity contribution is -0.124. The van der Waals surface area contributed by atoms with E-state index in [2.05, 4.69) is 48.3 Å². The van der Waals surface area contributed by atoms with Gasteiger partial charge in [0.25, 0.3) is 0 Å². The summed E-state index contributed by atoms with van der Waals surface area (Å²) in [6, 6.07) is 26.2. The summed E-state index contributed by atoms with van der Waals surface area (Å²) in [5.74, 6) is -0.0388. The van der Waals surface area contributed by atoms with Crippen LogP contribution in [-0.2, 0) is 11.3 Å². The number of amides is 1. The maximum absolute atomic E-state index is 13.1. The molecule has 0 bridgehead atoms. The predicted octanol–water partition coefficient (Wildman–Crippen LogP) is 6.33. The molecule has 0 fully saturated rings. The Morgan fingerprint density at radius 2 is 1.69 bits per heavy atom. The van der Waals surface area contributed by atoms with E-state index in [0.717, 1.165) is 41.7 Å². The van der Waals surface area contributed by atoms with E-state index in [1.807, 2.05) is 61.5 Å². The predicted molar refractivity (Wildman–Crippen MR) is 145 cm³/mol. The molecule has 35 heavy (non-hydrogen) atoms. The average Bonchev–Trinajstić information content (AvgIpc) is 3.24. The third-order valence-electron chi connectivity index (χ3n) is 6.34. The van der Waals surface area contributed by atoms with Gasteiger partial charge in [0.1, 0.15) is 11.7 Å². The van der Waals surface area contributed by atoms with Crippen LogP contribution in [-0.4, -0.2) is 39.7 Å². The molecule has 0 aliphatic rings. The third kappa shape index (κ3) is 6.11. The van der Waals surface area contributed by atoms with E-state index >= 15 is 0 Å². The molecule has 0 radical (unpaired) electrons. The Labute approximate surface area is 212 Å². The normalized spacial score (nSPS) is 12.4. The van der Waals surface area contributed by atoms with Crippen molar-refractivity contribution in [3.05, 3.63) is 89.4 Å². The zero-order valence-corrected chi connectivity index (χ0v) is 21.4. The van der Waals surface area contributed by atoms with E-state index in [4.69, 9.17) is 16.7 Å². The van der Waals surface area contributed by atoms with Crippen LogP contribution < -0.4 is 5.32 Å². The molecule has 1 N–H and O–H groups in total. The van der Waals surface area contributed by atoms with Crippen LogP contribution in [0.4, 0.5) is 0 Å². The molecular weight excluding hydrogens is 456 g/mol. The number of fused-ring (bicyclic) bond motifs is 1. The van der Waals surface area contributed by atoms with Gasteiger partial charge < -0.3 is 5.32 Å². The average molecular weight is 489 g/mol. The summed E-state index contributed by atoms with van der Waals surface area (Å²) >= 11 is 6.29. The maximum atomic E-state index is 13.1. The van der Waals surface area contributed by atoms with E-state index in [-0.39, 0.29) is 5.91 Å². The molecule has 5 nitrogen and oxygen atoms in total. The molecule has 0 aliphatic carbocycles. The Kier molecular flexibility index (Phi) is 8.21. The molecule has 0 spiro atoms. The first kappa shape index (κ1) is 25.0. The van der Waals surface area contributed by atoms with Crippen LogP contribution in [0.1, 0.15) is 38.8 Å². The molecule has 0 aliphatic heterocycles. The van der Waals surface area contributed by atoms with Gasteiger partial charge in [-0.25, -0.2) is 0 Å².